The summed E-state index contributed by atoms with van der Waals surface area (Å²) in [4.78, 5) is 4.66. The number of benzene rings is 1. The monoisotopic (exact) mass is 276 g/mol. The molecule has 0 amide bonds. The van der Waals surface area contributed by atoms with Gasteiger partial charge in [0.15, 0.2) is 0 Å². The predicted molar refractivity (Wildman–Crippen MR) is 83.9 cm³/mol. The van der Waals surface area contributed by atoms with Gasteiger partial charge in [0.1, 0.15) is 5.84 Å². The van der Waals surface area contributed by atoms with E-state index in [0.717, 1.165) is 23.8 Å². The molecule has 0 atom stereocenters. The van der Waals surface area contributed by atoms with Crippen molar-refractivity contribution in [1.29, 1.82) is 0 Å². The minimum atomic E-state index is 0.00806. The van der Waals surface area contributed by atoms with Crippen LogP contribution in [-0.2, 0) is 0 Å². The van der Waals surface area contributed by atoms with E-state index in [1.807, 2.05) is 12.1 Å². The van der Waals surface area contributed by atoms with Crippen molar-refractivity contribution in [3.8, 4) is 0 Å². The Morgan fingerprint density at radius 2 is 1.79 bits per heavy atom. The lowest BCUT2D eigenvalue weighted by Crippen LogP contribution is -2.42. The third-order valence-corrected chi connectivity index (χ3v) is 3.30. The van der Waals surface area contributed by atoms with Crippen LogP contribution in [0.15, 0.2) is 34.8 Å². The number of halogens is 1. The Morgan fingerprint density at radius 1 is 1.16 bits per heavy atom. The zero-order valence-corrected chi connectivity index (χ0v) is 12.8. The Bertz CT molecular complexity index is 519. The van der Waals surface area contributed by atoms with Gasteiger partial charge in [-0.1, -0.05) is 29.3 Å². The van der Waals surface area contributed by atoms with E-state index in [2.05, 4.69) is 50.1 Å². The molecule has 1 aliphatic rings. The number of nitrogens with zero attached hydrogens (tertiary/aromatic N) is 1. The molecule has 0 spiro atoms. The normalized spacial score (nSPS) is 16.4. The molecular weight excluding hydrogens is 256 g/mol. The van der Waals surface area contributed by atoms with Crippen LogP contribution in [0, 0.1) is 0 Å². The van der Waals surface area contributed by atoms with Crippen molar-refractivity contribution in [1.82, 2.24) is 5.32 Å². The Balaban J connectivity index is 2.39. The fraction of sp³-hybridized carbons (Fsp3) is 0.438. The number of nitrogens with one attached hydrogen (secondary N) is 1. The van der Waals surface area contributed by atoms with Crippen LogP contribution in [0.2, 0.25) is 5.02 Å². The first-order valence-electron chi connectivity index (χ1n) is 6.65. The Labute approximate surface area is 120 Å². The van der Waals surface area contributed by atoms with E-state index in [1.54, 1.807) is 0 Å². The van der Waals surface area contributed by atoms with E-state index >= 15 is 0 Å². The van der Waals surface area contributed by atoms with Gasteiger partial charge < -0.3 is 5.32 Å². The molecule has 0 radical (unpaired) electrons. The maximum absolute atomic E-state index is 5.97. The summed E-state index contributed by atoms with van der Waals surface area (Å²) in [6.07, 6.45) is 1.02. The molecule has 0 unspecified atom stereocenters. The van der Waals surface area contributed by atoms with Gasteiger partial charge in [-0.15, -0.1) is 0 Å². The zero-order chi connectivity index (χ0) is 14.0. The Morgan fingerprint density at radius 3 is 2.37 bits per heavy atom. The molecule has 2 nitrogen and oxygen atoms in total. The van der Waals surface area contributed by atoms with E-state index in [9.17, 15) is 0 Å². The number of amidine groups is 1. The Kier molecular flexibility index (Phi) is 4.00. The molecular formula is C16H21ClN2. The lowest BCUT2D eigenvalue weighted by atomic mass is 9.94. The molecule has 0 aromatic heterocycles. The van der Waals surface area contributed by atoms with E-state index in [4.69, 9.17) is 11.6 Å². The van der Waals surface area contributed by atoms with Crippen LogP contribution in [0.1, 0.15) is 39.7 Å². The molecule has 19 heavy (non-hydrogen) atoms. The molecule has 1 aromatic carbocycles. The summed E-state index contributed by atoms with van der Waals surface area (Å²) >= 11 is 5.97. The maximum atomic E-state index is 5.97. The van der Waals surface area contributed by atoms with Crippen molar-refractivity contribution in [3.63, 3.8) is 0 Å². The molecule has 1 N–H and O–H groups in total. The highest BCUT2D eigenvalue weighted by atomic mass is 35.5. The number of hydrogen-bond acceptors (Lipinski definition) is 2. The standard InChI is InChI=1S/C16H21ClN2/c1-11-9-10-18-15(19-16(2,3)4)14(11)12-5-7-13(17)8-6-12/h5-8H,9-10H2,1-4H3,(H,18,19). The molecule has 0 bridgehead atoms. The summed E-state index contributed by atoms with van der Waals surface area (Å²) in [5.74, 6) is 0.999. The first-order chi connectivity index (χ1) is 8.87. The van der Waals surface area contributed by atoms with Crippen molar-refractivity contribution in [2.75, 3.05) is 6.54 Å². The average molecular weight is 277 g/mol. The van der Waals surface area contributed by atoms with Gasteiger partial charge in [0.25, 0.3) is 0 Å². The number of dihydropyridines is 1. The van der Waals surface area contributed by atoms with Gasteiger partial charge in [0.05, 0.1) is 0 Å². The fourth-order valence-corrected chi connectivity index (χ4v) is 2.32. The number of hydrogen-bond donors (Lipinski definition) is 1. The summed E-state index contributed by atoms with van der Waals surface area (Å²) in [5, 5.41) is 4.27. The smallest absolute Gasteiger partial charge is 0.129 e. The van der Waals surface area contributed by atoms with Crippen LogP contribution in [0.5, 0.6) is 0 Å². The minimum absolute atomic E-state index is 0.00806. The van der Waals surface area contributed by atoms with E-state index in [1.165, 1.54) is 16.7 Å². The molecule has 102 valence electrons. The van der Waals surface area contributed by atoms with Crippen molar-refractivity contribution >= 4 is 23.0 Å². The molecule has 0 fully saturated rings. The maximum Gasteiger partial charge on any atom is 0.129 e. The fourth-order valence-electron chi connectivity index (χ4n) is 2.20. The molecule has 0 aliphatic carbocycles. The molecule has 2 rings (SSSR count). The Hall–Kier alpha value is -1.28. The van der Waals surface area contributed by atoms with Gasteiger partial charge in [0, 0.05) is 22.7 Å². The van der Waals surface area contributed by atoms with Crippen molar-refractivity contribution in [2.24, 2.45) is 4.99 Å². The molecule has 0 saturated carbocycles. The SMILES string of the molecule is CC1=C(c2ccc(Cl)cc2)C(NC(C)(C)C)=NCC1. The van der Waals surface area contributed by atoms with Crippen molar-refractivity contribution < 1.29 is 0 Å². The second kappa shape index (κ2) is 5.38. The summed E-state index contributed by atoms with van der Waals surface area (Å²) in [6.45, 7) is 9.50. The van der Waals surface area contributed by atoms with E-state index in [-0.39, 0.29) is 5.54 Å². The summed E-state index contributed by atoms with van der Waals surface area (Å²) in [6, 6.07) is 7.99. The highest BCUT2D eigenvalue weighted by Gasteiger charge is 2.21. The quantitative estimate of drug-likeness (QED) is 0.812. The topological polar surface area (TPSA) is 24.4 Å². The van der Waals surface area contributed by atoms with Crippen LogP contribution in [0.4, 0.5) is 0 Å². The molecule has 1 aromatic rings. The minimum Gasteiger partial charge on any atom is -0.365 e. The van der Waals surface area contributed by atoms with E-state index in [0.29, 0.717) is 0 Å². The lowest BCUT2D eigenvalue weighted by Gasteiger charge is -2.28. The average Bonchev–Trinajstić information content (AvgIpc) is 2.29. The van der Waals surface area contributed by atoms with Gasteiger partial charge in [-0.25, -0.2) is 0 Å². The van der Waals surface area contributed by atoms with Crippen molar-refractivity contribution in [3.05, 3.63) is 40.4 Å². The van der Waals surface area contributed by atoms with Gasteiger partial charge >= 0.3 is 0 Å². The van der Waals surface area contributed by atoms with E-state index < -0.39 is 0 Å². The first-order valence-corrected chi connectivity index (χ1v) is 7.03. The summed E-state index contributed by atoms with van der Waals surface area (Å²) in [7, 11) is 0. The molecule has 0 saturated heterocycles. The second-order valence-corrected chi connectivity index (χ2v) is 6.45. The van der Waals surface area contributed by atoms with Crippen LogP contribution in [0.3, 0.4) is 0 Å². The van der Waals surface area contributed by atoms with Gasteiger partial charge in [-0.2, -0.15) is 0 Å². The highest BCUT2D eigenvalue weighted by Crippen LogP contribution is 2.27. The summed E-state index contributed by atoms with van der Waals surface area (Å²) < 4.78 is 0. The molecule has 3 heteroatoms. The van der Waals surface area contributed by atoms with Gasteiger partial charge in [-0.05, 0) is 51.8 Å². The second-order valence-electron chi connectivity index (χ2n) is 6.02. The lowest BCUT2D eigenvalue weighted by molar-refractivity contribution is 0.511. The largest absolute Gasteiger partial charge is 0.365 e. The number of aliphatic imine (C=N–C) groups is 1. The van der Waals surface area contributed by atoms with Crippen LogP contribution in [-0.4, -0.2) is 17.9 Å². The molecule has 1 aliphatic heterocycles. The third-order valence-electron chi connectivity index (χ3n) is 3.05. The highest BCUT2D eigenvalue weighted by molar-refractivity contribution is 6.31. The number of rotatable bonds is 1. The van der Waals surface area contributed by atoms with Crippen LogP contribution < -0.4 is 5.32 Å². The van der Waals surface area contributed by atoms with Gasteiger partial charge in [-0.3, -0.25) is 4.99 Å². The first kappa shape index (κ1) is 14.1. The zero-order valence-electron chi connectivity index (χ0n) is 12.0. The van der Waals surface area contributed by atoms with Crippen LogP contribution in [0.25, 0.3) is 5.57 Å². The predicted octanol–water partition coefficient (Wildman–Crippen LogP) is 4.30. The summed E-state index contributed by atoms with van der Waals surface area (Å²) in [5.41, 5.74) is 3.78. The van der Waals surface area contributed by atoms with Gasteiger partial charge in [0.2, 0.25) is 0 Å². The third kappa shape index (κ3) is 3.60. The molecule has 1 heterocycles. The van der Waals surface area contributed by atoms with Crippen LogP contribution >= 0.6 is 11.6 Å². The van der Waals surface area contributed by atoms with Crippen molar-refractivity contribution in [2.45, 2.75) is 39.7 Å².